The lowest BCUT2D eigenvalue weighted by molar-refractivity contribution is 0.481. The van der Waals surface area contributed by atoms with E-state index in [1.165, 1.54) is 0 Å². The van der Waals surface area contributed by atoms with E-state index in [4.69, 9.17) is 0 Å². The van der Waals surface area contributed by atoms with Gasteiger partial charge >= 0.3 is 0 Å². The molecule has 0 fully saturated rings. The molecule has 0 unspecified atom stereocenters. The molecule has 1 radical (unpaired) electrons. The molecular weight excluding hydrogens is 174 g/mol. The van der Waals surface area contributed by atoms with E-state index in [0.717, 1.165) is 5.69 Å². The topological polar surface area (TPSA) is 54.6 Å². The molecule has 1 heterocycles. The molecule has 1 aromatic rings. The molecule has 0 spiro atoms. The van der Waals surface area contributed by atoms with Crippen molar-refractivity contribution in [3.63, 3.8) is 0 Å². The maximum atomic E-state index is 9.61. The van der Waals surface area contributed by atoms with Gasteiger partial charge in [-0.05, 0) is 12.1 Å². The van der Waals surface area contributed by atoms with E-state index >= 15 is 0 Å². The number of nitrogens with zero attached hydrogens (tertiary/aromatic N) is 1. The highest BCUT2D eigenvalue weighted by atomic mass is 32.3. The van der Waals surface area contributed by atoms with Crippen molar-refractivity contribution in [2.45, 2.75) is 4.90 Å². The van der Waals surface area contributed by atoms with Crippen LogP contribution in [-0.2, 0) is 0 Å². The summed E-state index contributed by atoms with van der Waals surface area (Å²) in [4.78, 5) is 0.594. The maximum absolute atomic E-state index is 9.61. The predicted octanol–water partition coefficient (Wildman–Crippen LogP) is 2.05. The van der Waals surface area contributed by atoms with Crippen LogP contribution in [0.1, 0.15) is 0 Å². The normalized spacial score (nSPS) is 22.2. The van der Waals surface area contributed by atoms with Crippen molar-refractivity contribution in [1.82, 2.24) is 5.32 Å². The van der Waals surface area contributed by atoms with Crippen molar-refractivity contribution >= 4 is 16.3 Å². The predicted molar refractivity (Wildman–Crippen MR) is 49.1 cm³/mol. The molecule has 65 valence electrons. The molecule has 0 aromatic heterocycles. The molecule has 0 saturated carbocycles. The Morgan fingerprint density at radius 2 is 2.00 bits per heavy atom. The molecule has 2 rings (SSSR count). The molecule has 3 nitrogen and oxygen atoms in total. The fourth-order valence-electron chi connectivity index (χ4n) is 1.27. The smallest absolute Gasteiger partial charge is 0.0836 e. The minimum absolute atomic E-state index is 0.365. The van der Waals surface area contributed by atoms with Gasteiger partial charge in [0, 0.05) is 0 Å². The van der Waals surface area contributed by atoms with Gasteiger partial charge in [0.05, 0.1) is 22.9 Å². The zero-order chi connectivity index (χ0) is 8.60. The van der Waals surface area contributed by atoms with Gasteiger partial charge < -0.3 is 0 Å². The van der Waals surface area contributed by atoms with Crippen LogP contribution in [0.15, 0.2) is 29.2 Å². The Kier molecular flexibility index (Phi) is 1.75. The van der Waals surface area contributed by atoms with E-state index in [1.54, 1.807) is 12.1 Å². The monoisotopic (exact) mass is 184 g/mol. The Hall–Kier alpha value is -0.710. The zero-order valence-electron chi connectivity index (χ0n) is 6.47. The Balaban J connectivity index is 2.52. The van der Waals surface area contributed by atoms with Crippen LogP contribution in [0.4, 0.5) is 5.69 Å². The van der Waals surface area contributed by atoms with E-state index in [0.29, 0.717) is 17.2 Å². The molecule has 12 heavy (non-hydrogen) atoms. The van der Waals surface area contributed by atoms with Crippen molar-refractivity contribution in [2.24, 2.45) is 0 Å². The highest BCUT2D eigenvalue weighted by Gasteiger charge is 2.23. The summed E-state index contributed by atoms with van der Waals surface area (Å²) in [5.41, 5.74) is 0.726. The largest absolute Gasteiger partial charge is 0.295 e. The van der Waals surface area contributed by atoms with Crippen LogP contribution in [0.25, 0.3) is 0 Å². The first kappa shape index (κ1) is 7.91. The molecule has 0 bridgehead atoms. The number of hydrogen-bond acceptors (Lipinski definition) is 2. The summed E-state index contributed by atoms with van der Waals surface area (Å²) < 4.78 is 19.2. The molecule has 0 amide bonds. The standard InChI is InChI=1S/C8H10NO2S/c10-12(11)6-5-9-7-3-1-2-4-8(7)12/h1-4,10-11H,5-6H2. The molecular formula is C8H10NO2S. The van der Waals surface area contributed by atoms with Crippen molar-refractivity contribution < 1.29 is 9.11 Å². The first-order valence-electron chi connectivity index (χ1n) is 3.73. The fourth-order valence-corrected chi connectivity index (χ4v) is 2.60. The minimum atomic E-state index is -2.54. The Morgan fingerprint density at radius 3 is 2.75 bits per heavy atom. The molecule has 0 aliphatic carbocycles. The van der Waals surface area contributed by atoms with Gasteiger partial charge in [-0.1, -0.05) is 12.1 Å². The molecule has 1 aliphatic heterocycles. The number of para-hydroxylation sites is 1. The van der Waals surface area contributed by atoms with Gasteiger partial charge in [0.2, 0.25) is 0 Å². The highest BCUT2D eigenvalue weighted by Crippen LogP contribution is 2.53. The quantitative estimate of drug-likeness (QED) is 0.648. The summed E-state index contributed by atoms with van der Waals surface area (Å²) in [6, 6.07) is 7.19. The van der Waals surface area contributed by atoms with Crippen LogP contribution in [-0.4, -0.2) is 21.4 Å². The van der Waals surface area contributed by atoms with E-state index in [2.05, 4.69) is 5.32 Å². The van der Waals surface area contributed by atoms with Gasteiger partial charge in [0.25, 0.3) is 0 Å². The van der Waals surface area contributed by atoms with Gasteiger partial charge in [0.1, 0.15) is 0 Å². The first-order chi connectivity index (χ1) is 5.70. The summed E-state index contributed by atoms with van der Waals surface area (Å²) in [5.74, 6) is 0.365. The van der Waals surface area contributed by atoms with Crippen LogP contribution in [0, 0.1) is 0 Å². The minimum Gasteiger partial charge on any atom is -0.295 e. The van der Waals surface area contributed by atoms with Crippen LogP contribution >= 0.6 is 10.6 Å². The third-order valence-electron chi connectivity index (χ3n) is 1.88. The number of fused-ring (bicyclic) bond motifs is 1. The van der Waals surface area contributed by atoms with E-state index in [1.807, 2.05) is 12.1 Å². The van der Waals surface area contributed by atoms with E-state index < -0.39 is 10.6 Å². The summed E-state index contributed by atoms with van der Waals surface area (Å²) in [5, 5.41) is 4.19. The second kappa shape index (κ2) is 2.65. The fraction of sp³-hybridized carbons (Fsp3) is 0.250. The van der Waals surface area contributed by atoms with Crippen molar-refractivity contribution in [3.05, 3.63) is 24.3 Å². The molecule has 2 N–H and O–H groups in total. The lowest BCUT2D eigenvalue weighted by Crippen LogP contribution is -2.19. The summed E-state index contributed by atoms with van der Waals surface area (Å²) in [6.07, 6.45) is 0. The Bertz CT molecular complexity index is 301. The number of benzene rings is 1. The van der Waals surface area contributed by atoms with Crippen molar-refractivity contribution in [3.8, 4) is 0 Å². The van der Waals surface area contributed by atoms with Gasteiger partial charge in [0.15, 0.2) is 0 Å². The van der Waals surface area contributed by atoms with E-state index in [9.17, 15) is 9.11 Å². The average molecular weight is 184 g/mol. The van der Waals surface area contributed by atoms with Gasteiger partial charge in [-0.15, -0.1) is 0 Å². The molecule has 1 aliphatic rings. The second-order valence-corrected chi connectivity index (χ2v) is 4.90. The number of rotatable bonds is 0. The summed E-state index contributed by atoms with van der Waals surface area (Å²) in [7, 11) is -2.54. The highest BCUT2D eigenvalue weighted by molar-refractivity contribution is 8.24. The second-order valence-electron chi connectivity index (χ2n) is 2.72. The van der Waals surface area contributed by atoms with E-state index in [-0.39, 0.29) is 0 Å². The molecule has 1 aromatic carbocycles. The summed E-state index contributed by atoms with van der Waals surface area (Å²) in [6.45, 7) is 0.513. The third kappa shape index (κ3) is 1.18. The zero-order valence-corrected chi connectivity index (χ0v) is 7.29. The average Bonchev–Trinajstić information content (AvgIpc) is 2.04. The lowest BCUT2D eigenvalue weighted by atomic mass is 10.3. The molecule has 4 heteroatoms. The van der Waals surface area contributed by atoms with Crippen LogP contribution < -0.4 is 5.32 Å². The molecule has 0 saturated heterocycles. The maximum Gasteiger partial charge on any atom is 0.0836 e. The lowest BCUT2D eigenvalue weighted by Gasteiger charge is -2.36. The van der Waals surface area contributed by atoms with Gasteiger partial charge in [-0.25, -0.2) is 0 Å². The molecule has 0 atom stereocenters. The Morgan fingerprint density at radius 1 is 1.25 bits per heavy atom. The van der Waals surface area contributed by atoms with Crippen LogP contribution in [0.3, 0.4) is 0 Å². The number of hydrogen-bond donors (Lipinski definition) is 2. The van der Waals surface area contributed by atoms with Gasteiger partial charge in [-0.3, -0.25) is 14.4 Å². The van der Waals surface area contributed by atoms with Crippen molar-refractivity contribution in [2.75, 3.05) is 12.3 Å². The van der Waals surface area contributed by atoms with Crippen molar-refractivity contribution in [1.29, 1.82) is 0 Å². The first-order valence-corrected chi connectivity index (χ1v) is 5.44. The SMILES string of the molecule is OS1(O)CC[N]c2ccccc21. The van der Waals surface area contributed by atoms with Crippen LogP contribution in [0.2, 0.25) is 0 Å². The Labute approximate surface area is 72.8 Å². The van der Waals surface area contributed by atoms with Crippen LogP contribution in [0.5, 0.6) is 0 Å². The third-order valence-corrected chi connectivity index (χ3v) is 3.68. The summed E-state index contributed by atoms with van der Waals surface area (Å²) >= 11 is 0. The van der Waals surface area contributed by atoms with Gasteiger partial charge in [-0.2, -0.15) is 10.6 Å².